The topological polar surface area (TPSA) is 28.2 Å². The highest BCUT2D eigenvalue weighted by atomic mass is 35.5. The van der Waals surface area contributed by atoms with Crippen molar-refractivity contribution in [3.63, 3.8) is 0 Å². The van der Waals surface area contributed by atoms with E-state index in [1.807, 2.05) is 0 Å². The number of nitrogens with one attached hydrogen (secondary N) is 1. The molecule has 5 heteroatoms. The van der Waals surface area contributed by atoms with Crippen LogP contribution in [-0.2, 0) is 0 Å². The van der Waals surface area contributed by atoms with E-state index < -0.39 is 0 Å². The Morgan fingerprint density at radius 2 is 2.44 bits per heavy atom. The fourth-order valence-electron chi connectivity index (χ4n) is 2.42. The highest BCUT2D eigenvalue weighted by Gasteiger charge is 2.23. The van der Waals surface area contributed by atoms with E-state index in [4.69, 9.17) is 11.6 Å². The van der Waals surface area contributed by atoms with Crippen molar-refractivity contribution >= 4 is 17.4 Å². The molecule has 1 atom stereocenters. The van der Waals surface area contributed by atoms with Gasteiger partial charge in [0.05, 0.1) is 5.02 Å². The molecule has 2 rings (SSSR count). The zero-order valence-corrected chi connectivity index (χ0v) is 11.4. The van der Waals surface area contributed by atoms with Crippen molar-refractivity contribution in [3.05, 3.63) is 23.1 Å². The van der Waals surface area contributed by atoms with E-state index >= 15 is 0 Å². The van der Waals surface area contributed by atoms with Gasteiger partial charge in [-0.15, -0.1) is 0 Å². The third-order valence-electron chi connectivity index (χ3n) is 3.24. The Bertz CT molecular complexity index is 394. The maximum absolute atomic E-state index is 14.0. The lowest BCUT2D eigenvalue weighted by molar-refractivity contribution is 0.424. The summed E-state index contributed by atoms with van der Waals surface area (Å²) in [4.78, 5) is 6.23. The van der Waals surface area contributed by atoms with Crippen LogP contribution in [0.25, 0.3) is 0 Å². The monoisotopic (exact) mass is 271 g/mol. The summed E-state index contributed by atoms with van der Waals surface area (Å²) < 4.78 is 14.0. The lowest BCUT2D eigenvalue weighted by atomic mass is 10.1. The third kappa shape index (κ3) is 3.12. The van der Waals surface area contributed by atoms with Crippen LogP contribution in [-0.4, -0.2) is 30.7 Å². The Morgan fingerprint density at radius 1 is 1.61 bits per heavy atom. The van der Waals surface area contributed by atoms with Crippen LogP contribution in [0.2, 0.25) is 5.02 Å². The highest BCUT2D eigenvalue weighted by molar-refractivity contribution is 6.30. The first kappa shape index (κ1) is 13.6. The van der Waals surface area contributed by atoms with Crippen molar-refractivity contribution in [2.75, 3.05) is 24.5 Å². The quantitative estimate of drug-likeness (QED) is 0.913. The van der Waals surface area contributed by atoms with Gasteiger partial charge in [-0.05, 0) is 31.9 Å². The average Bonchev–Trinajstić information content (AvgIpc) is 2.38. The molecule has 18 heavy (non-hydrogen) atoms. The van der Waals surface area contributed by atoms with E-state index in [1.165, 1.54) is 12.3 Å². The summed E-state index contributed by atoms with van der Waals surface area (Å²) in [5, 5.41) is 3.70. The van der Waals surface area contributed by atoms with Crippen LogP contribution in [0.4, 0.5) is 10.2 Å². The molecule has 1 unspecified atom stereocenters. The lowest BCUT2D eigenvalue weighted by Gasteiger charge is -2.35. The highest BCUT2D eigenvalue weighted by Crippen LogP contribution is 2.24. The van der Waals surface area contributed by atoms with Crippen molar-refractivity contribution in [1.82, 2.24) is 10.3 Å². The minimum absolute atomic E-state index is 0.321. The van der Waals surface area contributed by atoms with E-state index in [-0.39, 0.29) is 5.82 Å². The van der Waals surface area contributed by atoms with E-state index in [0.717, 1.165) is 38.9 Å². The van der Waals surface area contributed by atoms with E-state index in [9.17, 15) is 4.39 Å². The summed E-state index contributed by atoms with van der Waals surface area (Å²) in [7, 11) is 0. The van der Waals surface area contributed by atoms with Crippen molar-refractivity contribution in [1.29, 1.82) is 0 Å². The molecule has 2 heterocycles. The maximum atomic E-state index is 14.0. The van der Waals surface area contributed by atoms with Crippen molar-refractivity contribution in [3.8, 4) is 0 Å². The molecule has 0 aromatic carbocycles. The smallest absolute Gasteiger partial charge is 0.167 e. The van der Waals surface area contributed by atoms with Gasteiger partial charge >= 0.3 is 0 Å². The second-order valence-corrected chi connectivity index (χ2v) is 5.09. The minimum atomic E-state index is -0.332. The van der Waals surface area contributed by atoms with Gasteiger partial charge in [0.1, 0.15) is 0 Å². The molecule has 1 saturated heterocycles. The first-order valence-electron chi connectivity index (χ1n) is 6.50. The first-order chi connectivity index (χ1) is 8.72. The van der Waals surface area contributed by atoms with Crippen LogP contribution in [0.5, 0.6) is 0 Å². The number of hydrogen-bond acceptors (Lipinski definition) is 3. The standard InChI is InChI=1S/C13H19ClFN3/c1-2-6-18(11-4-3-5-16-9-11)13-12(15)7-10(14)8-17-13/h7-8,11,16H,2-6,9H2,1H3. The van der Waals surface area contributed by atoms with Crippen LogP contribution < -0.4 is 10.2 Å². The van der Waals surface area contributed by atoms with Crippen LogP contribution in [0.15, 0.2) is 12.3 Å². The van der Waals surface area contributed by atoms with Crippen LogP contribution in [0, 0.1) is 5.82 Å². The van der Waals surface area contributed by atoms with E-state index in [1.54, 1.807) is 0 Å². The first-order valence-corrected chi connectivity index (χ1v) is 6.88. The Labute approximate surface area is 112 Å². The summed E-state index contributed by atoms with van der Waals surface area (Å²) in [6.07, 6.45) is 4.69. The van der Waals surface area contributed by atoms with Gasteiger partial charge in [-0.2, -0.15) is 0 Å². The Balaban J connectivity index is 2.22. The molecule has 0 bridgehead atoms. The average molecular weight is 272 g/mol. The maximum Gasteiger partial charge on any atom is 0.167 e. The molecule has 1 aromatic rings. The molecule has 0 aliphatic carbocycles. The fraction of sp³-hybridized carbons (Fsp3) is 0.615. The molecular weight excluding hydrogens is 253 g/mol. The largest absolute Gasteiger partial charge is 0.350 e. The molecule has 0 spiro atoms. The van der Waals surface area contributed by atoms with Crippen molar-refractivity contribution in [2.24, 2.45) is 0 Å². The summed E-state index contributed by atoms with van der Waals surface area (Å²) >= 11 is 5.75. The van der Waals surface area contributed by atoms with Gasteiger partial charge in [0.15, 0.2) is 11.6 Å². The zero-order valence-electron chi connectivity index (χ0n) is 10.6. The fourth-order valence-corrected chi connectivity index (χ4v) is 2.57. The molecule has 1 aliphatic rings. The molecule has 1 N–H and O–H groups in total. The lowest BCUT2D eigenvalue weighted by Crippen LogP contribution is -2.47. The SMILES string of the molecule is CCCN(c1ncc(Cl)cc1F)C1CCCNC1. The Morgan fingerprint density at radius 3 is 3.06 bits per heavy atom. The summed E-state index contributed by atoms with van der Waals surface area (Å²) in [6, 6.07) is 1.66. The molecular formula is C13H19ClFN3. The third-order valence-corrected chi connectivity index (χ3v) is 3.44. The summed E-state index contributed by atoms with van der Waals surface area (Å²) in [6.45, 7) is 4.85. The molecule has 0 saturated carbocycles. The number of aromatic nitrogens is 1. The van der Waals surface area contributed by atoms with Gasteiger partial charge in [-0.1, -0.05) is 18.5 Å². The van der Waals surface area contributed by atoms with Crippen LogP contribution >= 0.6 is 11.6 Å². The van der Waals surface area contributed by atoms with Gasteiger partial charge < -0.3 is 10.2 Å². The molecule has 1 fully saturated rings. The van der Waals surface area contributed by atoms with Gasteiger partial charge in [0.2, 0.25) is 0 Å². The second kappa shape index (κ2) is 6.34. The predicted octanol–water partition coefficient (Wildman–Crippen LogP) is 2.84. The normalized spacial score (nSPS) is 19.8. The van der Waals surface area contributed by atoms with Gasteiger partial charge in [-0.25, -0.2) is 9.37 Å². The van der Waals surface area contributed by atoms with Crippen LogP contribution in [0.1, 0.15) is 26.2 Å². The summed E-state index contributed by atoms with van der Waals surface area (Å²) in [5.74, 6) is 0.0940. The van der Waals surface area contributed by atoms with Gasteiger partial charge in [0.25, 0.3) is 0 Å². The number of nitrogens with zero attached hydrogens (tertiary/aromatic N) is 2. The molecule has 1 aromatic heterocycles. The van der Waals surface area contributed by atoms with Gasteiger partial charge in [-0.3, -0.25) is 0 Å². The van der Waals surface area contributed by atoms with Crippen molar-refractivity contribution < 1.29 is 4.39 Å². The molecule has 0 radical (unpaired) electrons. The van der Waals surface area contributed by atoms with Crippen LogP contribution in [0.3, 0.4) is 0 Å². The Hall–Kier alpha value is -0.870. The minimum Gasteiger partial charge on any atom is -0.350 e. The van der Waals surface area contributed by atoms with Crippen molar-refractivity contribution in [2.45, 2.75) is 32.2 Å². The molecule has 1 aliphatic heterocycles. The molecule has 3 nitrogen and oxygen atoms in total. The van der Waals surface area contributed by atoms with E-state index in [2.05, 4.69) is 22.1 Å². The number of piperidine rings is 1. The number of hydrogen-bond donors (Lipinski definition) is 1. The van der Waals surface area contributed by atoms with E-state index in [0.29, 0.717) is 16.9 Å². The number of halogens is 2. The number of anilines is 1. The number of rotatable bonds is 4. The summed E-state index contributed by atoms with van der Waals surface area (Å²) in [5.41, 5.74) is 0. The number of pyridine rings is 1. The van der Waals surface area contributed by atoms with Gasteiger partial charge in [0, 0.05) is 25.3 Å². The molecule has 100 valence electrons. The Kier molecular flexibility index (Phi) is 4.78. The second-order valence-electron chi connectivity index (χ2n) is 4.65. The predicted molar refractivity (Wildman–Crippen MR) is 72.7 cm³/mol. The zero-order chi connectivity index (χ0) is 13.0. The molecule has 0 amide bonds.